The number of aryl methyl sites for hydroxylation is 2. The summed E-state index contributed by atoms with van der Waals surface area (Å²) in [6.45, 7) is 13.7. The van der Waals surface area contributed by atoms with Crippen LogP contribution in [-0.4, -0.2) is 28.6 Å². The van der Waals surface area contributed by atoms with Crippen LogP contribution < -0.4 is 10.2 Å². The maximum atomic E-state index is 12.9. The molecule has 0 amide bonds. The van der Waals surface area contributed by atoms with E-state index >= 15 is 0 Å². The monoisotopic (exact) mass is 412 g/mol. The SMILES string of the molecule is CC(=N)c1c(N[S+]([O-])c2ccc(C)cc2)ccc(C)c1B1OC(C)(C)C(C)(C)O1. The third-order valence-corrected chi connectivity index (χ3v) is 6.87. The van der Waals surface area contributed by atoms with E-state index in [0.717, 1.165) is 16.6 Å². The van der Waals surface area contributed by atoms with Crippen LogP contribution in [0.1, 0.15) is 51.3 Å². The average molecular weight is 412 g/mol. The maximum Gasteiger partial charge on any atom is 0.495 e. The lowest BCUT2D eigenvalue weighted by Gasteiger charge is -2.32. The molecule has 2 N–H and O–H groups in total. The Morgan fingerprint density at radius 1 is 1.00 bits per heavy atom. The van der Waals surface area contributed by atoms with Crippen LogP contribution in [0.2, 0.25) is 0 Å². The van der Waals surface area contributed by atoms with Crippen molar-refractivity contribution >= 4 is 35.3 Å². The lowest BCUT2D eigenvalue weighted by Crippen LogP contribution is -2.41. The molecule has 0 radical (unpaired) electrons. The van der Waals surface area contributed by atoms with Gasteiger partial charge in [-0.05, 0) is 72.1 Å². The van der Waals surface area contributed by atoms with Crippen LogP contribution >= 0.6 is 0 Å². The van der Waals surface area contributed by atoms with E-state index in [1.54, 1.807) is 6.92 Å². The van der Waals surface area contributed by atoms with Crippen molar-refractivity contribution in [3.63, 3.8) is 0 Å². The first-order chi connectivity index (χ1) is 13.4. The molecule has 0 aromatic heterocycles. The van der Waals surface area contributed by atoms with E-state index in [1.807, 2.05) is 77.9 Å². The van der Waals surface area contributed by atoms with Crippen LogP contribution in [0.25, 0.3) is 0 Å². The zero-order valence-electron chi connectivity index (χ0n) is 18.2. The number of rotatable bonds is 5. The molecule has 1 aliphatic heterocycles. The summed E-state index contributed by atoms with van der Waals surface area (Å²) in [5.41, 5.74) is 3.59. The second kappa shape index (κ2) is 7.80. The second-order valence-corrected chi connectivity index (χ2v) is 9.83. The van der Waals surface area contributed by atoms with Crippen molar-refractivity contribution in [1.29, 1.82) is 5.41 Å². The third-order valence-electron chi connectivity index (χ3n) is 5.77. The van der Waals surface area contributed by atoms with Gasteiger partial charge < -0.3 is 19.3 Å². The first-order valence-electron chi connectivity index (χ1n) is 9.73. The van der Waals surface area contributed by atoms with E-state index in [-0.39, 0.29) is 0 Å². The normalized spacial score (nSPS) is 18.6. The Bertz CT molecular complexity index is 912. The molecule has 1 atom stereocenters. The summed E-state index contributed by atoms with van der Waals surface area (Å²) in [5, 5.41) is 8.40. The molecule has 1 fully saturated rings. The van der Waals surface area contributed by atoms with Crippen molar-refractivity contribution in [2.24, 2.45) is 0 Å². The Kier molecular flexibility index (Phi) is 5.89. The van der Waals surface area contributed by atoms with Gasteiger partial charge in [0.1, 0.15) is 11.4 Å². The number of nitrogens with one attached hydrogen (secondary N) is 2. The van der Waals surface area contributed by atoms with Gasteiger partial charge in [-0.3, -0.25) is 0 Å². The molecule has 29 heavy (non-hydrogen) atoms. The number of hydrogen-bond donors (Lipinski definition) is 2. The Labute approximate surface area is 177 Å². The fourth-order valence-corrected chi connectivity index (χ4v) is 4.17. The molecule has 0 saturated carbocycles. The molecule has 0 spiro atoms. The van der Waals surface area contributed by atoms with Crippen molar-refractivity contribution < 1.29 is 13.9 Å². The van der Waals surface area contributed by atoms with Gasteiger partial charge in [0.25, 0.3) is 0 Å². The smallest absolute Gasteiger partial charge is 0.495 e. The fraction of sp³-hybridized carbons (Fsp3) is 0.409. The number of benzene rings is 2. The molecule has 1 saturated heterocycles. The number of hydrogen-bond acceptors (Lipinski definition) is 5. The predicted molar refractivity (Wildman–Crippen MR) is 121 cm³/mol. The van der Waals surface area contributed by atoms with Crippen molar-refractivity contribution in [3.05, 3.63) is 53.1 Å². The summed E-state index contributed by atoms with van der Waals surface area (Å²) in [4.78, 5) is 0.682. The van der Waals surface area contributed by atoms with Crippen LogP contribution in [0.5, 0.6) is 0 Å². The fourth-order valence-electron chi connectivity index (χ4n) is 3.30. The van der Waals surface area contributed by atoms with Crippen molar-refractivity contribution in [1.82, 2.24) is 0 Å². The van der Waals surface area contributed by atoms with Crippen LogP contribution in [0.3, 0.4) is 0 Å². The van der Waals surface area contributed by atoms with E-state index in [2.05, 4.69) is 4.72 Å². The van der Waals surface area contributed by atoms with Crippen LogP contribution in [-0.2, 0) is 20.7 Å². The molecule has 1 heterocycles. The summed E-state index contributed by atoms with van der Waals surface area (Å²) < 4.78 is 28.5. The van der Waals surface area contributed by atoms with E-state index in [9.17, 15) is 4.55 Å². The molecule has 2 aromatic carbocycles. The highest BCUT2D eigenvalue weighted by Gasteiger charge is 2.52. The van der Waals surface area contributed by atoms with Gasteiger partial charge in [0.05, 0.1) is 16.9 Å². The van der Waals surface area contributed by atoms with Crippen LogP contribution in [0, 0.1) is 19.3 Å². The molecular weight excluding hydrogens is 383 g/mol. The minimum atomic E-state index is -1.44. The first-order valence-corrected chi connectivity index (χ1v) is 10.9. The van der Waals surface area contributed by atoms with Crippen molar-refractivity contribution in [2.45, 2.75) is 64.6 Å². The van der Waals surface area contributed by atoms with Crippen molar-refractivity contribution in [2.75, 3.05) is 4.72 Å². The zero-order valence-corrected chi connectivity index (χ0v) is 19.0. The van der Waals surface area contributed by atoms with E-state index < -0.39 is 29.7 Å². The highest BCUT2D eigenvalue weighted by atomic mass is 32.2. The maximum absolute atomic E-state index is 12.9. The molecule has 0 bridgehead atoms. The van der Waals surface area contributed by atoms with E-state index in [1.165, 1.54) is 0 Å². The molecule has 7 heteroatoms. The van der Waals surface area contributed by atoms with Crippen LogP contribution in [0.4, 0.5) is 5.69 Å². The van der Waals surface area contributed by atoms with Gasteiger partial charge in [-0.25, -0.2) is 4.72 Å². The minimum absolute atomic E-state index is 0.363. The highest BCUT2D eigenvalue weighted by molar-refractivity contribution is 7.92. The van der Waals surface area contributed by atoms with Gasteiger partial charge in [-0.2, -0.15) is 0 Å². The van der Waals surface area contributed by atoms with Gasteiger partial charge in [0.15, 0.2) is 4.90 Å². The molecular formula is C22H29BN2O3S. The molecule has 154 valence electrons. The van der Waals surface area contributed by atoms with E-state index in [0.29, 0.717) is 21.9 Å². The standard InChI is InChI=1S/C22H29BN2O3S/c1-14-8-11-17(12-9-14)29(26)25-18-13-10-15(2)20(19(18)16(3)24)23-27-21(4,5)22(6,7)28-23/h8-13,24-25H,1-7H3. The van der Waals surface area contributed by atoms with Gasteiger partial charge in [0.2, 0.25) is 0 Å². The van der Waals surface area contributed by atoms with Crippen LogP contribution in [0.15, 0.2) is 41.3 Å². The quantitative estimate of drug-likeness (QED) is 0.440. The van der Waals surface area contributed by atoms with Gasteiger partial charge in [-0.15, -0.1) is 0 Å². The Morgan fingerprint density at radius 2 is 1.55 bits per heavy atom. The summed E-state index contributed by atoms with van der Waals surface area (Å²) in [5.74, 6) is 0. The minimum Gasteiger partial charge on any atom is -0.588 e. The second-order valence-electron chi connectivity index (χ2n) is 8.62. The molecule has 1 aliphatic rings. The third kappa shape index (κ3) is 4.24. The number of anilines is 1. The molecule has 0 aliphatic carbocycles. The Hall–Kier alpha value is -1.80. The van der Waals surface area contributed by atoms with Gasteiger partial charge >= 0.3 is 7.12 Å². The predicted octanol–water partition coefficient (Wildman–Crippen LogP) is 4.13. The van der Waals surface area contributed by atoms with Gasteiger partial charge in [-0.1, -0.05) is 29.3 Å². The Morgan fingerprint density at radius 3 is 2.07 bits per heavy atom. The topological polar surface area (TPSA) is 77.4 Å². The van der Waals surface area contributed by atoms with Gasteiger partial charge in [0, 0.05) is 11.3 Å². The molecule has 3 rings (SSSR count). The Balaban J connectivity index is 2.01. The van der Waals surface area contributed by atoms with Crippen molar-refractivity contribution in [3.8, 4) is 0 Å². The van der Waals surface area contributed by atoms with E-state index in [4.69, 9.17) is 14.7 Å². The first kappa shape index (κ1) is 21.9. The summed E-state index contributed by atoms with van der Waals surface area (Å²) in [7, 11) is -0.593. The lowest BCUT2D eigenvalue weighted by atomic mass is 9.72. The summed E-state index contributed by atoms with van der Waals surface area (Å²) >= 11 is -1.44. The molecule has 1 unspecified atom stereocenters. The largest absolute Gasteiger partial charge is 0.588 e. The highest BCUT2D eigenvalue weighted by Crippen LogP contribution is 2.37. The zero-order chi connectivity index (χ0) is 21.6. The molecule has 2 aromatic rings. The lowest BCUT2D eigenvalue weighted by molar-refractivity contribution is 0.00578. The summed E-state index contributed by atoms with van der Waals surface area (Å²) in [6.07, 6.45) is 0. The average Bonchev–Trinajstić information content (AvgIpc) is 2.83. The summed E-state index contributed by atoms with van der Waals surface area (Å²) in [6, 6.07) is 11.4. The molecule has 5 nitrogen and oxygen atoms in total.